The molecule has 0 atom stereocenters. The van der Waals surface area contributed by atoms with Gasteiger partial charge in [0.15, 0.2) is 0 Å². The minimum absolute atomic E-state index is 0.102. The lowest BCUT2D eigenvalue weighted by molar-refractivity contribution is 0.0953. The zero-order chi connectivity index (χ0) is 16.1. The Morgan fingerprint density at radius 2 is 2.13 bits per heavy atom. The third-order valence-corrected chi connectivity index (χ3v) is 3.80. The van der Waals surface area contributed by atoms with E-state index in [0.29, 0.717) is 12.1 Å². The minimum atomic E-state index is -0.102. The molecule has 1 saturated heterocycles. The number of rotatable bonds is 5. The molecule has 0 saturated carbocycles. The highest BCUT2D eigenvalue weighted by atomic mass is 16.5. The number of morpholine rings is 1. The highest BCUT2D eigenvalue weighted by molar-refractivity contribution is 5.94. The van der Waals surface area contributed by atoms with Gasteiger partial charge in [-0.3, -0.25) is 9.48 Å². The predicted octanol–water partition coefficient (Wildman–Crippen LogP) is 0.624. The van der Waals surface area contributed by atoms with Crippen LogP contribution >= 0.6 is 0 Å². The first kappa shape index (κ1) is 15.5. The topological polar surface area (TPSA) is 72.3 Å². The zero-order valence-corrected chi connectivity index (χ0v) is 13.2. The van der Waals surface area contributed by atoms with Crippen molar-refractivity contribution in [1.29, 1.82) is 0 Å². The van der Waals surface area contributed by atoms with Crippen LogP contribution in [0.15, 0.2) is 30.7 Å². The van der Waals surface area contributed by atoms with E-state index in [0.717, 1.165) is 44.1 Å². The second-order valence-corrected chi connectivity index (χ2v) is 5.53. The summed E-state index contributed by atoms with van der Waals surface area (Å²) in [6, 6.07) is 3.71. The highest BCUT2D eigenvalue weighted by Gasteiger charge is 2.13. The third kappa shape index (κ3) is 4.07. The van der Waals surface area contributed by atoms with Gasteiger partial charge < -0.3 is 15.0 Å². The van der Waals surface area contributed by atoms with Gasteiger partial charge in [-0.25, -0.2) is 4.98 Å². The number of nitrogens with zero attached hydrogens (tertiary/aromatic N) is 4. The van der Waals surface area contributed by atoms with Crippen LogP contribution < -0.4 is 10.2 Å². The first-order chi connectivity index (χ1) is 11.2. The van der Waals surface area contributed by atoms with Crippen molar-refractivity contribution in [2.75, 3.05) is 37.7 Å². The molecule has 0 aromatic carbocycles. The quantitative estimate of drug-likeness (QED) is 0.876. The van der Waals surface area contributed by atoms with Crippen molar-refractivity contribution in [1.82, 2.24) is 20.1 Å². The van der Waals surface area contributed by atoms with Gasteiger partial charge >= 0.3 is 0 Å². The molecule has 0 bridgehead atoms. The molecule has 0 unspecified atom stereocenters. The van der Waals surface area contributed by atoms with E-state index in [2.05, 4.69) is 20.3 Å². The van der Waals surface area contributed by atoms with Crippen LogP contribution in [-0.4, -0.2) is 53.5 Å². The van der Waals surface area contributed by atoms with Crippen LogP contribution in [0.5, 0.6) is 0 Å². The fourth-order valence-corrected chi connectivity index (χ4v) is 2.52. The Balaban J connectivity index is 1.50. The molecule has 2 aromatic rings. The Hall–Kier alpha value is -2.41. The molecule has 23 heavy (non-hydrogen) atoms. The Labute approximate surface area is 135 Å². The van der Waals surface area contributed by atoms with E-state index in [4.69, 9.17) is 4.74 Å². The number of pyridine rings is 1. The maximum atomic E-state index is 12.1. The molecular weight excluding hydrogens is 294 g/mol. The van der Waals surface area contributed by atoms with Crippen molar-refractivity contribution in [2.45, 2.75) is 6.42 Å². The van der Waals surface area contributed by atoms with E-state index >= 15 is 0 Å². The van der Waals surface area contributed by atoms with E-state index in [1.165, 1.54) is 0 Å². The molecule has 3 heterocycles. The van der Waals surface area contributed by atoms with Gasteiger partial charge in [-0.1, -0.05) is 0 Å². The molecule has 7 nitrogen and oxygen atoms in total. The first-order valence-electron chi connectivity index (χ1n) is 7.77. The molecule has 2 aromatic heterocycles. The lowest BCUT2D eigenvalue weighted by Crippen LogP contribution is -2.36. The number of anilines is 1. The van der Waals surface area contributed by atoms with Gasteiger partial charge in [0, 0.05) is 39.1 Å². The normalized spacial score (nSPS) is 14.7. The number of hydrogen-bond acceptors (Lipinski definition) is 5. The molecule has 0 radical (unpaired) electrons. The summed E-state index contributed by atoms with van der Waals surface area (Å²) >= 11 is 0. The van der Waals surface area contributed by atoms with Crippen molar-refractivity contribution in [3.05, 3.63) is 41.9 Å². The predicted molar refractivity (Wildman–Crippen MR) is 86.5 cm³/mol. The average molecular weight is 315 g/mol. The van der Waals surface area contributed by atoms with Crippen LogP contribution in [0.4, 0.5) is 5.82 Å². The Morgan fingerprint density at radius 3 is 2.78 bits per heavy atom. The molecule has 1 amide bonds. The second kappa shape index (κ2) is 7.23. The van der Waals surface area contributed by atoms with Crippen molar-refractivity contribution >= 4 is 11.7 Å². The Kier molecular flexibility index (Phi) is 4.87. The molecule has 0 spiro atoms. The smallest absolute Gasteiger partial charge is 0.252 e. The van der Waals surface area contributed by atoms with Gasteiger partial charge in [0.05, 0.1) is 25.0 Å². The number of aromatic nitrogens is 3. The van der Waals surface area contributed by atoms with Crippen LogP contribution in [0.2, 0.25) is 0 Å². The molecule has 1 aliphatic rings. The van der Waals surface area contributed by atoms with Crippen LogP contribution in [0, 0.1) is 0 Å². The van der Waals surface area contributed by atoms with Crippen molar-refractivity contribution in [3.63, 3.8) is 0 Å². The first-order valence-corrected chi connectivity index (χ1v) is 7.77. The second-order valence-electron chi connectivity index (χ2n) is 5.53. The monoisotopic (exact) mass is 315 g/mol. The molecule has 3 rings (SSSR count). The van der Waals surface area contributed by atoms with Crippen LogP contribution in [0.1, 0.15) is 15.9 Å². The van der Waals surface area contributed by atoms with Crippen molar-refractivity contribution in [2.24, 2.45) is 7.05 Å². The largest absolute Gasteiger partial charge is 0.378 e. The average Bonchev–Trinajstić information content (AvgIpc) is 3.01. The van der Waals surface area contributed by atoms with Gasteiger partial charge in [0.25, 0.3) is 5.91 Å². The third-order valence-electron chi connectivity index (χ3n) is 3.80. The summed E-state index contributed by atoms with van der Waals surface area (Å²) in [6.45, 7) is 3.69. The van der Waals surface area contributed by atoms with E-state index in [-0.39, 0.29) is 5.91 Å². The number of carbonyl (C=O) groups is 1. The lowest BCUT2D eigenvalue weighted by atomic mass is 10.2. The summed E-state index contributed by atoms with van der Waals surface area (Å²) < 4.78 is 7.08. The van der Waals surface area contributed by atoms with Crippen LogP contribution in [0.25, 0.3) is 0 Å². The minimum Gasteiger partial charge on any atom is -0.378 e. The number of amides is 1. The number of aryl methyl sites for hydroxylation is 1. The maximum absolute atomic E-state index is 12.1. The standard InChI is InChI=1S/C16H21N5O2/c1-20-12-13(10-19-20)4-5-17-16(22)14-2-3-15(18-11-14)21-6-8-23-9-7-21/h2-3,10-12H,4-9H2,1H3,(H,17,22). The maximum Gasteiger partial charge on any atom is 0.252 e. The number of carbonyl (C=O) groups excluding carboxylic acids is 1. The lowest BCUT2D eigenvalue weighted by Gasteiger charge is -2.27. The summed E-state index contributed by atoms with van der Waals surface area (Å²) in [5.41, 5.74) is 1.68. The van der Waals surface area contributed by atoms with E-state index < -0.39 is 0 Å². The fourth-order valence-electron chi connectivity index (χ4n) is 2.52. The summed E-state index contributed by atoms with van der Waals surface area (Å²) in [7, 11) is 1.88. The summed E-state index contributed by atoms with van der Waals surface area (Å²) in [5.74, 6) is 0.787. The zero-order valence-electron chi connectivity index (χ0n) is 13.2. The van der Waals surface area contributed by atoms with Gasteiger partial charge in [-0.05, 0) is 24.1 Å². The summed E-state index contributed by atoms with van der Waals surface area (Å²) in [5, 5.41) is 7.01. The molecule has 7 heteroatoms. The van der Waals surface area contributed by atoms with Crippen molar-refractivity contribution < 1.29 is 9.53 Å². The van der Waals surface area contributed by atoms with E-state index in [1.54, 1.807) is 10.9 Å². The SMILES string of the molecule is Cn1cc(CCNC(=O)c2ccc(N3CCOCC3)nc2)cn1. The van der Waals surface area contributed by atoms with Gasteiger partial charge in [-0.15, -0.1) is 0 Å². The molecule has 1 fully saturated rings. The number of hydrogen-bond donors (Lipinski definition) is 1. The van der Waals surface area contributed by atoms with E-state index in [1.807, 2.05) is 31.6 Å². The van der Waals surface area contributed by atoms with Gasteiger partial charge in [0.1, 0.15) is 5.82 Å². The summed E-state index contributed by atoms with van der Waals surface area (Å²) in [6.07, 6.45) is 6.15. The number of ether oxygens (including phenoxy) is 1. The Morgan fingerprint density at radius 1 is 1.30 bits per heavy atom. The van der Waals surface area contributed by atoms with Crippen LogP contribution in [0.3, 0.4) is 0 Å². The molecule has 122 valence electrons. The Bertz CT molecular complexity index is 647. The van der Waals surface area contributed by atoms with Crippen LogP contribution in [-0.2, 0) is 18.2 Å². The fraction of sp³-hybridized carbons (Fsp3) is 0.438. The molecule has 1 N–H and O–H groups in total. The number of nitrogens with one attached hydrogen (secondary N) is 1. The highest BCUT2D eigenvalue weighted by Crippen LogP contribution is 2.13. The molecular formula is C16H21N5O2. The molecule has 0 aliphatic carbocycles. The van der Waals surface area contributed by atoms with E-state index in [9.17, 15) is 4.79 Å². The molecule has 1 aliphatic heterocycles. The van der Waals surface area contributed by atoms with Gasteiger partial charge in [-0.2, -0.15) is 5.10 Å². The summed E-state index contributed by atoms with van der Waals surface area (Å²) in [4.78, 5) is 18.7. The van der Waals surface area contributed by atoms with Gasteiger partial charge in [0.2, 0.25) is 0 Å². The van der Waals surface area contributed by atoms with Crippen molar-refractivity contribution in [3.8, 4) is 0 Å².